The predicted octanol–water partition coefficient (Wildman–Crippen LogP) is 1.80. The zero-order valence-corrected chi connectivity index (χ0v) is 12.1. The number of hydrogen-bond donors (Lipinski definition) is 2. The number of anilines is 1. The molecular weight excluding hydrogens is 292 g/mol. The molecule has 0 aliphatic carbocycles. The lowest BCUT2D eigenvalue weighted by molar-refractivity contribution is 0.0696. The first kappa shape index (κ1) is 15.0. The van der Waals surface area contributed by atoms with Gasteiger partial charge in [0.05, 0.1) is 22.7 Å². The Kier molecular flexibility index (Phi) is 4.23. The van der Waals surface area contributed by atoms with Gasteiger partial charge in [0.2, 0.25) is 0 Å². The van der Waals surface area contributed by atoms with Crippen LogP contribution in [0.15, 0.2) is 47.5 Å². The number of nitrogens with zero attached hydrogens (tertiary/aromatic N) is 1. The molecule has 0 atom stereocenters. The molecule has 6 nitrogen and oxygen atoms in total. The molecule has 0 aliphatic rings. The number of carboxylic acid groups (broad SMARTS) is 1. The molecule has 0 spiro atoms. The number of pyridine rings is 1. The first-order valence-corrected chi connectivity index (χ1v) is 7.97. The highest BCUT2D eigenvalue weighted by Gasteiger charge is 2.07. The van der Waals surface area contributed by atoms with Crippen LogP contribution in [0, 0.1) is 0 Å². The molecule has 110 valence electrons. The van der Waals surface area contributed by atoms with E-state index in [0.717, 1.165) is 11.9 Å². The van der Waals surface area contributed by atoms with Gasteiger partial charge in [-0.05, 0) is 36.4 Å². The van der Waals surface area contributed by atoms with Gasteiger partial charge in [-0.1, -0.05) is 0 Å². The lowest BCUT2D eigenvalue weighted by Crippen LogP contribution is -2.05. The largest absolute Gasteiger partial charge is 0.478 e. The summed E-state index contributed by atoms with van der Waals surface area (Å²) < 4.78 is 22.7. The second-order valence-corrected chi connectivity index (χ2v) is 6.51. The first-order valence-electron chi connectivity index (χ1n) is 6.08. The molecule has 21 heavy (non-hydrogen) atoms. The molecule has 2 N–H and O–H groups in total. The summed E-state index contributed by atoms with van der Waals surface area (Å²) in [6, 6.07) is 9.24. The Morgan fingerprint density at radius 3 is 2.48 bits per heavy atom. The Labute approximate surface area is 122 Å². The molecule has 0 fully saturated rings. The molecule has 0 saturated carbocycles. The van der Waals surface area contributed by atoms with E-state index >= 15 is 0 Å². The van der Waals surface area contributed by atoms with Crippen molar-refractivity contribution >= 4 is 21.5 Å². The Hall–Kier alpha value is -2.41. The first-order chi connectivity index (χ1) is 9.86. The van der Waals surface area contributed by atoms with Gasteiger partial charge in [-0.2, -0.15) is 0 Å². The number of benzene rings is 1. The van der Waals surface area contributed by atoms with Crippen LogP contribution in [0.3, 0.4) is 0 Å². The van der Waals surface area contributed by atoms with Crippen molar-refractivity contribution in [2.24, 2.45) is 0 Å². The van der Waals surface area contributed by atoms with Gasteiger partial charge >= 0.3 is 5.97 Å². The van der Waals surface area contributed by atoms with Crippen molar-refractivity contribution in [3.05, 3.63) is 53.9 Å². The van der Waals surface area contributed by atoms with E-state index in [2.05, 4.69) is 10.3 Å². The number of aromatic nitrogens is 1. The maximum absolute atomic E-state index is 11.3. The Morgan fingerprint density at radius 2 is 1.90 bits per heavy atom. The summed E-state index contributed by atoms with van der Waals surface area (Å²) in [6.45, 7) is 0.347. The average molecular weight is 306 g/mol. The zero-order valence-electron chi connectivity index (χ0n) is 11.3. The molecule has 1 aromatic carbocycles. The number of hydrogen-bond acceptors (Lipinski definition) is 5. The lowest BCUT2D eigenvalue weighted by atomic mass is 10.2. The molecule has 0 amide bonds. The van der Waals surface area contributed by atoms with Crippen LogP contribution in [-0.4, -0.2) is 30.7 Å². The van der Waals surface area contributed by atoms with Gasteiger partial charge in [0.25, 0.3) is 0 Å². The van der Waals surface area contributed by atoms with E-state index in [0.29, 0.717) is 12.2 Å². The molecule has 2 rings (SSSR count). The molecule has 1 aromatic heterocycles. The molecule has 0 bridgehead atoms. The summed E-state index contributed by atoms with van der Waals surface area (Å²) in [4.78, 5) is 15.2. The van der Waals surface area contributed by atoms with Crippen molar-refractivity contribution in [2.75, 3.05) is 11.6 Å². The van der Waals surface area contributed by atoms with Crippen LogP contribution in [0.25, 0.3) is 0 Å². The number of carboxylic acids is 1. The standard InChI is InChI=1S/C14H14N2O4S/c1-21(19,20)13-4-2-11(3-5-13)16-9-12-8-10(14(17)18)6-7-15-12/h2-8,16H,9H2,1H3,(H,17,18). The van der Waals surface area contributed by atoms with Gasteiger partial charge in [-0.25, -0.2) is 13.2 Å². The molecule has 0 radical (unpaired) electrons. The fourth-order valence-corrected chi connectivity index (χ4v) is 2.35. The molecule has 1 heterocycles. The van der Waals surface area contributed by atoms with Gasteiger partial charge in [-0.15, -0.1) is 0 Å². The van der Waals surface area contributed by atoms with Crippen molar-refractivity contribution in [2.45, 2.75) is 11.4 Å². The number of aromatic carboxylic acids is 1. The van der Waals surface area contributed by atoms with Crippen LogP contribution < -0.4 is 5.32 Å². The maximum Gasteiger partial charge on any atom is 0.335 e. The summed E-state index contributed by atoms with van der Waals surface area (Å²) in [7, 11) is -3.21. The summed E-state index contributed by atoms with van der Waals surface area (Å²) in [5.74, 6) is -1.00. The van der Waals surface area contributed by atoms with E-state index in [1.54, 1.807) is 12.1 Å². The maximum atomic E-state index is 11.3. The van der Waals surface area contributed by atoms with E-state index in [4.69, 9.17) is 5.11 Å². The number of rotatable bonds is 5. The monoisotopic (exact) mass is 306 g/mol. The zero-order chi connectivity index (χ0) is 15.5. The minimum atomic E-state index is -3.21. The van der Waals surface area contributed by atoms with Gasteiger partial charge in [0, 0.05) is 18.1 Å². The molecule has 0 aliphatic heterocycles. The minimum Gasteiger partial charge on any atom is -0.478 e. The van der Waals surface area contributed by atoms with Crippen LogP contribution in [-0.2, 0) is 16.4 Å². The van der Waals surface area contributed by atoms with E-state index < -0.39 is 15.8 Å². The highest BCUT2D eigenvalue weighted by Crippen LogP contribution is 2.14. The number of carbonyl (C=O) groups is 1. The topological polar surface area (TPSA) is 96.4 Å². The Balaban J connectivity index is 2.06. The number of sulfone groups is 1. The molecule has 2 aromatic rings. The van der Waals surface area contributed by atoms with Crippen LogP contribution in [0.2, 0.25) is 0 Å². The van der Waals surface area contributed by atoms with Crippen molar-refractivity contribution in [1.29, 1.82) is 0 Å². The van der Waals surface area contributed by atoms with E-state index in [1.807, 2.05) is 0 Å². The minimum absolute atomic E-state index is 0.175. The summed E-state index contributed by atoms with van der Waals surface area (Å²) in [6.07, 6.45) is 2.59. The fourth-order valence-electron chi connectivity index (χ4n) is 1.72. The predicted molar refractivity (Wildman–Crippen MR) is 78.1 cm³/mol. The quantitative estimate of drug-likeness (QED) is 0.874. The van der Waals surface area contributed by atoms with E-state index in [9.17, 15) is 13.2 Å². The Bertz CT molecular complexity index is 755. The third-order valence-electron chi connectivity index (χ3n) is 2.82. The summed E-state index contributed by atoms with van der Waals surface area (Å²) in [5, 5.41) is 12.0. The second-order valence-electron chi connectivity index (χ2n) is 4.49. The SMILES string of the molecule is CS(=O)(=O)c1ccc(NCc2cc(C(=O)O)ccn2)cc1. The third kappa shape index (κ3) is 4.03. The molecule has 0 saturated heterocycles. The van der Waals surface area contributed by atoms with Crippen molar-refractivity contribution in [1.82, 2.24) is 4.98 Å². The van der Waals surface area contributed by atoms with E-state index in [1.165, 1.54) is 30.5 Å². The van der Waals surface area contributed by atoms with Crippen molar-refractivity contribution in [3.63, 3.8) is 0 Å². The van der Waals surface area contributed by atoms with E-state index in [-0.39, 0.29) is 10.5 Å². The average Bonchev–Trinajstić information content (AvgIpc) is 2.45. The van der Waals surface area contributed by atoms with Crippen molar-refractivity contribution in [3.8, 4) is 0 Å². The fraction of sp³-hybridized carbons (Fsp3) is 0.143. The van der Waals surface area contributed by atoms with Gasteiger partial charge < -0.3 is 10.4 Å². The highest BCUT2D eigenvalue weighted by atomic mass is 32.2. The van der Waals surface area contributed by atoms with Crippen molar-refractivity contribution < 1.29 is 18.3 Å². The summed E-state index contributed by atoms with van der Waals surface area (Å²) in [5.41, 5.74) is 1.49. The molecular formula is C14H14N2O4S. The molecule has 0 unspecified atom stereocenters. The summed E-state index contributed by atoms with van der Waals surface area (Å²) >= 11 is 0. The number of nitrogens with one attached hydrogen (secondary N) is 1. The molecule has 7 heteroatoms. The van der Waals surface area contributed by atoms with Crippen LogP contribution in [0.4, 0.5) is 5.69 Å². The van der Waals surface area contributed by atoms with Crippen LogP contribution in [0.1, 0.15) is 16.1 Å². The smallest absolute Gasteiger partial charge is 0.335 e. The normalized spacial score (nSPS) is 11.1. The third-order valence-corrected chi connectivity index (χ3v) is 3.95. The Morgan fingerprint density at radius 1 is 1.24 bits per heavy atom. The second kappa shape index (κ2) is 5.92. The highest BCUT2D eigenvalue weighted by molar-refractivity contribution is 7.90. The van der Waals surface area contributed by atoms with Crippen LogP contribution in [0.5, 0.6) is 0 Å². The van der Waals surface area contributed by atoms with Gasteiger partial charge in [-0.3, -0.25) is 4.98 Å². The van der Waals surface area contributed by atoms with Gasteiger partial charge in [0.1, 0.15) is 0 Å². The van der Waals surface area contributed by atoms with Crippen LogP contribution >= 0.6 is 0 Å². The van der Waals surface area contributed by atoms with Gasteiger partial charge in [0.15, 0.2) is 9.84 Å². The lowest BCUT2D eigenvalue weighted by Gasteiger charge is -2.07.